The molecule has 20 heavy (non-hydrogen) atoms. The van der Waals surface area contributed by atoms with Crippen LogP contribution in [0.1, 0.15) is 16.7 Å². The Morgan fingerprint density at radius 1 is 1.05 bits per heavy atom. The number of halogens is 1. The van der Waals surface area contributed by atoms with E-state index in [1.807, 2.05) is 32.0 Å². The van der Waals surface area contributed by atoms with Crippen LogP contribution in [0.4, 0.5) is 4.39 Å². The van der Waals surface area contributed by atoms with Gasteiger partial charge in [-0.05, 0) is 36.6 Å². The van der Waals surface area contributed by atoms with Crippen molar-refractivity contribution in [3.63, 3.8) is 0 Å². The van der Waals surface area contributed by atoms with Crippen molar-refractivity contribution in [3.05, 3.63) is 58.9 Å². The predicted octanol–water partition coefficient (Wildman–Crippen LogP) is 1.70. The van der Waals surface area contributed by atoms with Crippen LogP contribution in [0.3, 0.4) is 0 Å². The lowest BCUT2D eigenvalue weighted by atomic mass is 9.80. The summed E-state index contributed by atoms with van der Waals surface area (Å²) in [6.45, 7) is 4.39. The van der Waals surface area contributed by atoms with Crippen molar-refractivity contribution >= 4 is 12.6 Å². The Hall–Kier alpha value is -1.85. The van der Waals surface area contributed by atoms with Gasteiger partial charge in [0.05, 0.1) is 0 Å². The normalized spacial score (nSPS) is 10.4. The summed E-state index contributed by atoms with van der Waals surface area (Å²) in [7, 11) is -1.82. The molecule has 5 heteroatoms. The van der Waals surface area contributed by atoms with Crippen molar-refractivity contribution in [2.24, 2.45) is 0 Å². The van der Waals surface area contributed by atoms with Crippen molar-refractivity contribution in [1.29, 1.82) is 0 Å². The lowest BCUT2D eigenvalue weighted by Gasteiger charge is -2.09. The summed E-state index contributed by atoms with van der Waals surface area (Å²) >= 11 is 0. The van der Waals surface area contributed by atoms with E-state index >= 15 is 0 Å². The lowest BCUT2D eigenvalue weighted by molar-refractivity contribution is 0.304. The highest BCUT2D eigenvalue weighted by Gasteiger charge is 2.16. The van der Waals surface area contributed by atoms with Crippen LogP contribution in [0.25, 0.3) is 0 Å². The molecule has 2 aromatic carbocycles. The molecule has 0 unspecified atom stereocenters. The minimum Gasteiger partial charge on any atom is -0.489 e. The van der Waals surface area contributed by atoms with Crippen LogP contribution in [-0.4, -0.2) is 17.2 Å². The van der Waals surface area contributed by atoms with Crippen LogP contribution in [0, 0.1) is 19.7 Å². The number of rotatable bonds is 4. The number of ether oxygens (including phenoxy) is 1. The van der Waals surface area contributed by atoms with Gasteiger partial charge in [0, 0.05) is 11.5 Å². The zero-order valence-electron chi connectivity index (χ0n) is 11.4. The molecule has 0 aromatic heterocycles. The van der Waals surface area contributed by atoms with Gasteiger partial charge >= 0.3 is 7.12 Å². The maximum absolute atomic E-state index is 13.5. The Balaban J connectivity index is 2.07. The summed E-state index contributed by atoms with van der Waals surface area (Å²) in [4.78, 5) is 0. The molecule has 0 heterocycles. The second kappa shape index (κ2) is 6.07. The van der Waals surface area contributed by atoms with Crippen molar-refractivity contribution < 1.29 is 19.2 Å². The molecule has 2 rings (SSSR count). The topological polar surface area (TPSA) is 49.7 Å². The van der Waals surface area contributed by atoms with E-state index in [0.29, 0.717) is 12.4 Å². The molecule has 0 aliphatic rings. The average molecular weight is 274 g/mol. The van der Waals surface area contributed by atoms with Gasteiger partial charge in [-0.2, -0.15) is 0 Å². The van der Waals surface area contributed by atoms with Gasteiger partial charge < -0.3 is 14.8 Å². The predicted molar refractivity (Wildman–Crippen MR) is 76.5 cm³/mol. The molecule has 0 bridgehead atoms. The highest BCUT2D eigenvalue weighted by Crippen LogP contribution is 2.15. The van der Waals surface area contributed by atoms with Gasteiger partial charge in [-0.25, -0.2) is 4.39 Å². The highest BCUT2D eigenvalue weighted by atomic mass is 19.1. The molecule has 0 fully saturated rings. The summed E-state index contributed by atoms with van der Waals surface area (Å²) in [5.41, 5.74) is 3.22. The van der Waals surface area contributed by atoms with Gasteiger partial charge in [0.25, 0.3) is 0 Å². The third kappa shape index (κ3) is 3.38. The fourth-order valence-electron chi connectivity index (χ4n) is 1.87. The van der Waals surface area contributed by atoms with E-state index < -0.39 is 12.9 Å². The minimum atomic E-state index is -1.82. The Labute approximate surface area is 117 Å². The summed E-state index contributed by atoms with van der Waals surface area (Å²) in [5.74, 6) is -0.345. The average Bonchev–Trinajstić information content (AvgIpc) is 2.40. The third-order valence-electron chi connectivity index (χ3n) is 3.23. The lowest BCUT2D eigenvalue weighted by Crippen LogP contribution is -2.32. The zero-order valence-corrected chi connectivity index (χ0v) is 11.4. The molecule has 104 valence electrons. The molecule has 0 saturated heterocycles. The molecule has 0 spiro atoms. The van der Waals surface area contributed by atoms with Gasteiger partial charge in [0.1, 0.15) is 18.2 Å². The SMILES string of the molecule is Cc1ccc(COc2ccc(B(O)O)c(F)c2)cc1C. The molecule has 2 N–H and O–H groups in total. The van der Waals surface area contributed by atoms with Crippen LogP contribution in [-0.2, 0) is 6.61 Å². The number of hydrogen-bond donors (Lipinski definition) is 2. The fourth-order valence-corrected chi connectivity index (χ4v) is 1.87. The van der Waals surface area contributed by atoms with E-state index in [1.165, 1.54) is 23.3 Å². The number of benzene rings is 2. The Kier molecular flexibility index (Phi) is 4.42. The Bertz CT molecular complexity index is 614. The van der Waals surface area contributed by atoms with Gasteiger partial charge in [0.2, 0.25) is 0 Å². The Morgan fingerprint density at radius 2 is 1.80 bits per heavy atom. The standard InChI is InChI=1S/C15H16BFO3/c1-10-3-4-12(7-11(10)2)9-20-13-5-6-14(16(18)19)15(17)8-13/h3-8,18-19H,9H2,1-2H3. The van der Waals surface area contributed by atoms with E-state index in [9.17, 15) is 4.39 Å². The summed E-state index contributed by atoms with van der Waals surface area (Å²) in [6.07, 6.45) is 0. The van der Waals surface area contributed by atoms with Crippen molar-refractivity contribution in [2.75, 3.05) is 0 Å². The summed E-state index contributed by atoms with van der Waals surface area (Å²) < 4.78 is 19.0. The third-order valence-corrected chi connectivity index (χ3v) is 3.23. The summed E-state index contributed by atoms with van der Waals surface area (Å²) in [6, 6.07) is 9.96. The van der Waals surface area contributed by atoms with Gasteiger partial charge in [-0.3, -0.25) is 0 Å². The maximum atomic E-state index is 13.5. The molecule has 0 amide bonds. The molecule has 0 radical (unpaired) electrons. The van der Waals surface area contributed by atoms with Gasteiger partial charge in [-0.15, -0.1) is 0 Å². The van der Waals surface area contributed by atoms with E-state index in [4.69, 9.17) is 14.8 Å². The molecule has 3 nitrogen and oxygen atoms in total. The smallest absolute Gasteiger partial charge is 0.489 e. The maximum Gasteiger partial charge on any atom is 0.491 e. The Morgan fingerprint density at radius 3 is 2.40 bits per heavy atom. The molecule has 0 aliphatic heterocycles. The highest BCUT2D eigenvalue weighted by molar-refractivity contribution is 6.58. The second-order valence-electron chi connectivity index (χ2n) is 4.76. The van der Waals surface area contributed by atoms with E-state index in [1.54, 1.807) is 0 Å². The first kappa shape index (κ1) is 14.6. The second-order valence-corrected chi connectivity index (χ2v) is 4.76. The molecular weight excluding hydrogens is 258 g/mol. The van der Waals surface area contributed by atoms with Gasteiger partial charge in [0.15, 0.2) is 0 Å². The number of aryl methyl sites for hydroxylation is 2. The van der Waals surface area contributed by atoms with Crippen LogP contribution < -0.4 is 10.2 Å². The first-order valence-electron chi connectivity index (χ1n) is 6.32. The first-order chi connectivity index (χ1) is 9.47. The van der Waals surface area contributed by atoms with E-state index in [-0.39, 0.29) is 5.46 Å². The van der Waals surface area contributed by atoms with Crippen LogP contribution >= 0.6 is 0 Å². The van der Waals surface area contributed by atoms with Crippen molar-refractivity contribution in [1.82, 2.24) is 0 Å². The first-order valence-corrected chi connectivity index (χ1v) is 6.32. The fraction of sp³-hybridized carbons (Fsp3) is 0.200. The summed E-state index contributed by atoms with van der Waals surface area (Å²) in [5, 5.41) is 17.9. The van der Waals surface area contributed by atoms with E-state index in [0.717, 1.165) is 11.6 Å². The van der Waals surface area contributed by atoms with Crippen LogP contribution in [0.15, 0.2) is 36.4 Å². The zero-order chi connectivity index (χ0) is 14.7. The monoisotopic (exact) mass is 274 g/mol. The molecule has 0 saturated carbocycles. The molecule has 2 aromatic rings. The van der Waals surface area contributed by atoms with Crippen LogP contribution in [0.5, 0.6) is 5.75 Å². The van der Waals surface area contributed by atoms with Crippen molar-refractivity contribution in [2.45, 2.75) is 20.5 Å². The minimum absolute atomic E-state index is 0.163. The number of hydrogen-bond acceptors (Lipinski definition) is 3. The molecule has 0 atom stereocenters. The largest absolute Gasteiger partial charge is 0.491 e. The van der Waals surface area contributed by atoms with Crippen LogP contribution in [0.2, 0.25) is 0 Å². The van der Waals surface area contributed by atoms with Gasteiger partial charge in [-0.1, -0.05) is 24.3 Å². The van der Waals surface area contributed by atoms with Crippen molar-refractivity contribution in [3.8, 4) is 5.75 Å². The van der Waals surface area contributed by atoms with E-state index in [2.05, 4.69) is 0 Å². The molecular formula is C15H16BFO3. The quantitative estimate of drug-likeness (QED) is 0.834. The molecule has 0 aliphatic carbocycles.